The third-order valence-corrected chi connectivity index (χ3v) is 1.28. The van der Waals surface area contributed by atoms with E-state index >= 15 is 0 Å². The molecule has 3 heteroatoms. The first-order valence-corrected chi connectivity index (χ1v) is 4.45. The summed E-state index contributed by atoms with van der Waals surface area (Å²) >= 11 is 0. The molecular weight excluding hydrogens is 152 g/mol. The number of nitrogens with zero attached hydrogens (tertiary/aromatic N) is 2. The summed E-state index contributed by atoms with van der Waals surface area (Å²) in [5, 5.41) is 3.82. The average molecular weight is 172 g/mol. The molecule has 72 valence electrons. The van der Waals surface area contributed by atoms with Crippen LogP contribution in [0.15, 0.2) is 5.16 Å². The Hall–Kier alpha value is -0.570. The van der Waals surface area contributed by atoms with E-state index in [1.54, 1.807) is 0 Å². The van der Waals surface area contributed by atoms with E-state index in [0.717, 1.165) is 19.4 Å². The molecule has 12 heavy (non-hydrogen) atoms. The molecule has 0 saturated heterocycles. The van der Waals surface area contributed by atoms with E-state index in [1.165, 1.54) is 0 Å². The van der Waals surface area contributed by atoms with Crippen LogP contribution in [0.2, 0.25) is 0 Å². The molecule has 0 aliphatic heterocycles. The summed E-state index contributed by atoms with van der Waals surface area (Å²) in [4.78, 5) is 7.17. The summed E-state index contributed by atoms with van der Waals surface area (Å²) in [5.74, 6) is 0. The molecule has 3 nitrogen and oxygen atoms in total. The van der Waals surface area contributed by atoms with Gasteiger partial charge in [0.25, 0.3) is 0 Å². The number of hydrogen-bond donors (Lipinski definition) is 0. The molecule has 0 aromatic rings. The van der Waals surface area contributed by atoms with Gasteiger partial charge < -0.3 is 9.74 Å². The molecule has 0 aliphatic carbocycles. The Balaban J connectivity index is 3.13. The lowest BCUT2D eigenvalue weighted by atomic mass is 10.3. The first kappa shape index (κ1) is 11.4. The minimum absolute atomic E-state index is 0.190. The van der Waals surface area contributed by atoms with Crippen LogP contribution in [0.4, 0.5) is 0 Å². The predicted molar refractivity (Wildman–Crippen MR) is 52.5 cm³/mol. The van der Waals surface area contributed by atoms with Crippen molar-refractivity contribution in [2.45, 2.75) is 32.8 Å². The molecule has 0 bridgehead atoms. The van der Waals surface area contributed by atoms with Gasteiger partial charge in [0.15, 0.2) is 0 Å². The summed E-state index contributed by atoms with van der Waals surface area (Å²) < 4.78 is 0. The monoisotopic (exact) mass is 172 g/mol. The van der Waals surface area contributed by atoms with Crippen LogP contribution in [0.3, 0.4) is 0 Å². The smallest absolute Gasteiger partial charge is 0.121 e. The normalized spacial score (nSPS) is 11.8. The lowest BCUT2D eigenvalue weighted by molar-refractivity contribution is 0.0867. The standard InChI is InChI=1S/C9H20N2O/c1-9(2)12-10-7-5-6-8-11(3)4/h7,9H,5-6,8H2,1-4H3/b10-7-. The van der Waals surface area contributed by atoms with Gasteiger partial charge in [-0.15, -0.1) is 0 Å². The molecule has 0 heterocycles. The second-order valence-electron chi connectivity index (χ2n) is 3.39. The van der Waals surface area contributed by atoms with Gasteiger partial charge in [0.2, 0.25) is 0 Å². The highest BCUT2D eigenvalue weighted by Gasteiger charge is 1.89. The molecule has 0 spiro atoms. The van der Waals surface area contributed by atoms with Crippen molar-refractivity contribution in [3.05, 3.63) is 0 Å². The van der Waals surface area contributed by atoms with Gasteiger partial charge in [-0.05, 0) is 47.3 Å². The molecule has 0 saturated carbocycles. The number of hydrogen-bond acceptors (Lipinski definition) is 3. The number of unbranched alkanes of at least 4 members (excludes halogenated alkanes) is 1. The Labute approximate surface area is 75.4 Å². The topological polar surface area (TPSA) is 24.8 Å². The quantitative estimate of drug-likeness (QED) is 0.346. The minimum Gasteiger partial charge on any atom is -0.393 e. The number of oxime groups is 1. The molecule has 0 radical (unpaired) electrons. The molecule has 0 aliphatic rings. The van der Waals surface area contributed by atoms with Crippen LogP contribution in [0, 0.1) is 0 Å². The minimum atomic E-state index is 0.190. The molecule has 0 amide bonds. The zero-order valence-corrected chi connectivity index (χ0v) is 8.58. The number of rotatable bonds is 6. The van der Waals surface area contributed by atoms with E-state index < -0.39 is 0 Å². The van der Waals surface area contributed by atoms with Crippen LogP contribution in [0.1, 0.15) is 26.7 Å². The molecule has 0 fully saturated rings. The highest BCUT2D eigenvalue weighted by atomic mass is 16.6. The van der Waals surface area contributed by atoms with E-state index in [9.17, 15) is 0 Å². The Morgan fingerprint density at radius 3 is 2.58 bits per heavy atom. The SMILES string of the molecule is CC(C)O/N=C\CCCN(C)C. The maximum absolute atomic E-state index is 5.00. The van der Waals surface area contributed by atoms with Crippen LogP contribution in [-0.2, 0) is 4.84 Å². The van der Waals surface area contributed by atoms with Crippen molar-refractivity contribution in [2.24, 2.45) is 5.16 Å². The van der Waals surface area contributed by atoms with Crippen molar-refractivity contribution < 1.29 is 4.84 Å². The highest BCUT2D eigenvalue weighted by Crippen LogP contribution is 1.90. The second kappa shape index (κ2) is 7.10. The van der Waals surface area contributed by atoms with Crippen molar-refractivity contribution in [2.75, 3.05) is 20.6 Å². The zero-order chi connectivity index (χ0) is 9.40. The fourth-order valence-electron chi connectivity index (χ4n) is 0.716. The summed E-state index contributed by atoms with van der Waals surface area (Å²) in [6.07, 6.45) is 4.15. The highest BCUT2D eigenvalue weighted by molar-refractivity contribution is 5.56. The van der Waals surface area contributed by atoms with Crippen LogP contribution in [-0.4, -0.2) is 37.9 Å². The van der Waals surface area contributed by atoms with Gasteiger partial charge in [0, 0.05) is 6.21 Å². The van der Waals surface area contributed by atoms with Crippen LogP contribution in [0.25, 0.3) is 0 Å². The van der Waals surface area contributed by atoms with E-state index in [0.29, 0.717) is 0 Å². The van der Waals surface area contributed by atoms with Crippen molar-refractivity contribution in [3.8, 4) is 0 Å². The summed E-state index contributed by atoms with van der Waals surface area (Å²) in [7, 11) is 4.14. The molecule has 0 aromatic carbocycles. The molecule has 0 N–H and O–H groups in total. The third kappa shape index (κ3) is 9.43. The fourth-order valence-corrected chi connectivity index (χ4v) is 0.716. The molecule has 0 aromatic heterocycles. The van der Waals surface area contributed by atoms with Gasteiger partial charge >= 0.3 is 0 Å². The van der Waals surface area contributed by atoms with E-state index in [2.05, 4.69) is 24.2 Å². The molecule has 0 unspecified atom stereocenters. The van der Waals surface area contributed by atoms with Gasteiger partial charge in [-0.2, -0.15) is 0 Å². The van der Waals surface area contributed by atoms with Gasteiger partial charge in [-0.25, -0.2) is 0 Å². The van der Waals surface area contributed by atoms with E-state index in [1.807, 2.05) is 20.1 Å². The first-order chi connectivity index (χ1) is 5.63. The first-order valence-electron chi connectivity index (χ1n) is 4.45. The zero-order valence-electron chi connectivity index (χ0n) is 8.58. The van der Waals surface area contributed by atoms with Crippen molar-refractivity contribution >= 4 is 6.21 Å². The lowest BCUT2D eigenvalue weighted by Gasteiger charge is -2.06. The average Bonchev–Trinajstić information content (AvgIpc) is 1.95. The van der Waals surface area contributed by atoms with Gasteiger partial charge in [-0.3, -0.25) is 0 Å². The molecular formula is C9H20N2O. The van der Waals surface area contributed by atoms with Crippen LogP contribution >= 0.6 is 0 Å². The third-order valence-electron chi connectivity index (χ3n) is 1.28. The Bertz CT molecular complexity index is 122. The molecule has 0 atom stereocenters. The predicted octanol–water partition coefficient (Wildman–Crippen LogP) is 1.74. The fraction of sp³-hybridized carbons (Fsp3) is 0.889. The largest absolute Gasteiger partial charge is 0.393 e. The van der Waals surface area contributed by atoms with Gasteiger partial charge in [0.1, 0.15) is 6.10 Å². The Morgan fingerprint density at radius 2 is 2.08 bits per heavy atom. The van der Waals surface area contributed by atoms with Gasteiger partial charge in [-0.1, -0.05) is 5.16 Å². The van der Waals surface area contributed by atoms with E-state index in [-0.39, 0.29) is 6.10 Å². The summed E-state index contributed by atoms with van der Waals surface area (Å²) in [5.41, 5.74) is 0. The van der Waals surface area contributed by atoms with Crippen LogP contribution in [0.5, 0.6) is 0 Å². The maximum Gasteiger partial charge on any atom is 0.121 e. The lowest BCUT2D eigenvalue weighted by Crippen LogP contribution is -2.12. The summed E-state index contributed by atoms with van der Waals surface area (Å²) in [6, 6.07) is 0. The summed E-state index contributed by atoms with van der Waals surface area (Å²) in [6.45, 7) is 5.04. The Morgan fingerprint density at radius 1 is 1.42 bits per heavy atom. The Kier molecular flexibility index (Phi) is 6.76. The van der Waals surface area contributed by atoms with Crippen molar-refractivity contribution in [1.82, 2.24) is 4.90 Å². The van der Waals surface area contributed by atoms with Crippen molar-refractivity contribution in [3.63, 3.8) is 0 Å². The van der Waals surface area contributed by atoms with Gasteiger partial charge in [0.05, 0.1) is 0 Å². The molecule has 0 rings (SSSR count). The van der Waals surface area contributed by atoms with E-state index in [4.69, 9.17) is 4.84 Å². The second-order valence-corrected chi connectivity index (χ2v) is 3.39. The van der Waals surface area contributed by atoms with Crippen molar-refractivity contribution in [1.29, 1.82) is 0 Å². The van der Waals surface area contributed by atoms with Crippen LogP contribution < -0.4 is 0 Å². The maximum atomic E-state index is 5.00.